The molecule has 0 aliphatic heterocycles. The zero-order valence-electron chi connectivity index (χ0n) is 10.2. The van der Waals surface area contributed by atoms with Crippen molar-refractivity contribution < 1.29 is 5.11 Å². The standard InChI is InChI=1S/C13H18BrNO.ClH/c1-4-5-6-10(15)12-9(3)13(14)8(2)7-11(12)16;/h4,7,10,16H,1,5-6,15H2,2-3H3;1H/t10-;/m1./s1. The van der Waals surface area contributed by atoms with E-state index in [-0.39, 0.29) is 24.2 Å². The first-order chi connectivity index (χ1) is 7.49. The van der Waals surface area contributed by atoms with Gasteiger partial charge in [0.2, 0.25) is 0 Å². The van der Waals surface area contributed by atoms with Crippen LogP contribution in [0.1, 0.15) is 35.6 Å². The van der Waals surface area contributed by atoms with Crippen molar-refractivity contribution in [2.24, 2.45) is 5.73 Å². The molecule has 17 heavy (non-hydrogen) atoms. The van der Waals surface area contributed by atoms with E-state index in [1.54, 1.807) is 6.07 Å². The number of benzene rings is 1. The van der Waals surface area contributed by atoms with Crippen LogP contribution in [0.15, 0.2) is 23.2 Å². The number of hydrogen-bond acceptors (Lipinski definition) is 2. The Morgan fingerprint density at radius 1 is 1.53 bits per heavy atom. The van der Waals surface area contributed by atoms with Crippen LogP contribution >= 0.6 is 28.3 Å². The van der Waals surface area contributed by atoms with Crippen LogP contribution < -0.4 is 5.73 Å². The fraction of sp³-hybridized carbons (Fsp3) is 0.385. The summed E-state index contributed by atoms with van der Waals surface area (Å²) in [6.07, 6.45) is 3.49. The van der Waals surface area contributed by atoms with E-state index in [1.165, 1.54) is 0 Å². The summed E-state index contributed by atoms with van der Waals surface area (Å²) in [5.74, 6) is 0.287. The zero-order chi connectivity index (χ0) is 12.3. The molecular weight excluding hydrogens is 302 g/mol. The fourth-order valence-electron chi connectivity index (χ4n) is 1.86. The molecule has 0 fully saturated rings. The van der Waals surface area contributed by atoms with E-state index in [1.807, 2.05) is 19.9 Å². The normalized spacial score (nSPS) is 11.8. The first-order valence-electron chi connectivity index (χ1n) is 5.34. The fourth-order valence-corrected chi connectivity index (χ4v) is 2.19. The number of phenolic OH excluding ortho intramolecular Hbond substituents is 1. The summed E-state index contributed by atoms with van der Waals surface area (Å²) >= 11 is 3.51. The molecule has 0 aliphatic carbocycles. The lowest BCUT2D eigenvalue weighted by atomic mass is 9.95. The monoisotopic (exact) mass is 319 g/mol. The van der Waals surface area contributed by atoms with E-state index in [0.717, 1.165) is 34.0 Å². The van der Waals surface area contributed by atoms with Gasteiger partial charge in [0.05, 0.1) is 0 Å². The maximum atomic E-state index is 9.94. The number of allylic oxidation sites excluding steroid dienone is 1. The van der Waals surface area contributed by atoms with Gasteiger partial charge in [-0.2, -0.15) is 0 Å². The van der Waals surface area contributed by atoms with E-state index in [2.05, 4.69) is 22.5 Å². The molecule has 0 saturated carbocycles. The van der Waals surface area contributed by atoms with Gasteiger partial charge in [-0.15, -0.1) is 19.0 Å². The Balaban J connectivity index is 0.00000256. The van der Waals surface area contributed by atoms with Crippen molar-refractivity contribution in [2.75, 3.05) is 0 Å². The number of phenols is 1. The molecule has 0 aromatic heterocycles. The summed E-state index contributed by atoms with van der Waals surface area (Å²) in [6.45, 7) is 7.60. The second kappa shape index (κ2) is 7.04. The van der Waals surface area contributed by atoms with Crippen molar-refractivity contribution in [3.05, 3.63) is 39.9 Å². The van der Waals surface area contributed by atoms with Gasteiger partial charge in [0.25, 0.3) is 0 Å². The number of aromatic hydroxyl groups is 1. The highest BCUT2D eigenvalue weighted by Crippen LogP contribution is 2.35. The third kappa shape index (κ3) is 3.73. The van der Waals surface area contributed by atoms with Crippen LogP contribution in [-0.2, 0) is 0 Å². The van der Waals surface area contributed by atoms with E-state index in [9.17, 15) is 5.11 Å². The summed E-state index contributed by atoms with van der Waals surface area (Å²) < 4.78 is 1.02. The lowest BCUT2D eigenvalue weighted by Crippen LogP contribution is -2.12. The molecule has 0 amide bonds. The van der Waals surface area contributed by atoms with Crippen LogP contribution in [0.5, 0.6) is 5.75 Å². The number of rotatable bonds is 4. The van der Waals surface area contributed by atoms with Crippen molar-refractivity contribution in [1.29, 1.82) is 0 Å². The summed E-state index contributed by atoms with van der Waals surface area (Å²) in [4.78, 5) is 0. The van der Waals surface area contributed by atoms with Crippen molar-refractivity contribution >= 4 is 28.3 Å². The Labute approximate surface area is 117 Å². The van der Waals surface area contributed by atoms with Crippen molar-refractivity contribution in [3.8, 4) is 5.75 Å². The second-order valence-electron chi connectivity index (χ2n) is 4.04. The second-order valence-corrected chi connectivity index (χ2v) is 4.83. The predicted molar refractivity (Wildman–Crippen MR) is 78.9 cm³/mol. The SMILES string of the molecule is C=CCC[C@@H](N)c1c(O)cc(C)c(Br)c1C.Cl. The minimum absolute atomic E-state index is 0. The lowest BCUT2D eigenvalue weighted by Gasteiger charge is -2.18. The smallest absolute Gasteiger partial charge is 0.120 e. The highest BCUT2D eigenvalue weighted by molar-refractivity contribution is 9.10. The quantitative estimate of drug-likeness (QED) is 0.818. The molecule has 1 rings (SSSR count). The van der Waals surface area contributed by atoms with Crippen LogP contribution in [-0.4, -0.2) is 5.11 Å². The first-order valence-corrected chi connectivity index (χ1v) is 6.13. The number of halogens is 2. The van der Waals surface area contributed by atoms with Crippen molar-refractivity contribution in [2.45, 2.75) is 32.7 Å². The summed E-state index contributed by atoms with van der Waals surface area (Å²) in [5.41, 5.74) is 8.95. The molecule has 0 heterocycles. The van der Waals surface area contributed by atoms with Gasteiger partial charge in [-0.1, -0.05) is 22.0 Å². The summed E-state index contributed by atoms with van der Waals surface area (Å²) in [7, 11) is 0. The average molecular weight is 321 g/mol. The highest BCUT2D eigenvalue weighted by atomic mass is 79.9. The van der Waals surface area contributed by atoms with E-state index < -0.39 is 0 Å². The topological polar surface area (TPSA) is 46.2 Å². The molecule has 0 radical (unpaired) electrons. The molecule has 1 aromatic rings. The van der Waals surface area contributed by atoms with Crippen LogP contribution in [0.25, 0.3) is 0 Å². The zero-order valence-corrected chi connectivity index (χ0v) is 12.6. The van der Waals surface area contributed by atoms with Gasteiger partial charge in [-0.3, -0.25) is 0 Å². The Hall–Kier alpha value is -0.510. The summed E-state index contributed by atoms with van der Waals surface area (Å²) in [5, 5.41) is 9.94. The third-order valence-corrected chi connectivity index (χ3v) is 3.98. The van der Waals surface area contributed by atoms with Gasteiger partial charge in [0.15, 0.2) is 0 Å². The van der Waals surface area contributed by atoms with Crippen LogP contribution in [0.3, 0.4) is 0 Å². The minimum Gasteiger partial charge on any atom is -0.508 e. The van der Waals surface area contributed by atoms with E-state index in [4.69, 9.17) is 5.73 Å². The average Bonchev–Trinajstić information content (AvgIpc) is 2.23. The molecule has 0 unspecified atom stereocenters. The highest BCUT2D eigenvalue weighted by Gasteiger charge is 2.16. The molecule has 0 aliphatic rings. The van der Waals surface area contributed by atoms with Gasteiger partial charge in [-0.05, 0) is 43.9 Å². The lowest BCUT2D eigenvalue weighted by molar-refractivity contribution is 0.457. The maximum Gasteiger partial charge on any atom is 0.120 e. The van der Waals surface area contributed by atoms with Crippen molar-refractivity contribution in [3.63, 3.8) is 0 Å². The Morgan fingerprint density at radius 3 is 2.65 bits per heavy atom. The number of aryl methyl sites for hydroxylation is 1. The molecule has 1 aromatic carbocycles. The van der Waals surface area contributed by atoms with E-state index in [0.29, 0.717) is 0 Å². The Kier molecular flexibility index (Phi) is 6.83. The van der Waals surface area contributed by atoms with Gasteiger partial charge in [-0.25, -0.2) is 0 Å². The largest absolute Gasteiger partial charge is 0.508 e. The van der Waals surface area contributed by atoms with Crippen LogP contribution in [0, 0.1) is 13.8 Å². The molecule has 1 atom stereocenters. The van der Waals surface area contributed by atoms with Gasteiger partial charge < -0.3 is 10.8 Å². The van der Waals surface area contributed by atoms with Gasteiger partial charge >= 0.3 is 0 Å². The molecular formula is C13H19BrClNO. The molecule has 96 valence electrons. The summed E-state index contributed by atoms with van der Waals surface area (Å²) in [6, 6.07) is 1.61. The molecule has 0 bridgehead atoms. The molecule has 0 spiro atoms. The number of nitrogens with two attached hydrogens (primary N) is 1. The van der Waals surface area contributed by atoms with Gasteiger partial charge in [0, 0.05) is 16.1 Å². The molecule has 0 saturated heterocycles. The minimum atomic E-state index is -0.144. The maximum absolute atomic E-state index is 9.94. The Morgan fingerprint density at radius 2 is 2.12 bits per heavy atom. The molecule has 2 nitrogen and oxygen atoms in total. The Bertz CT molecular complexity index is 407. The van der Waals surface area contributed by atoms with Crippen LogP contribution in [0.4, 0.5) is 0 Å². The van der Waals surface area contributed by atoms with Crippen molar-refractivity contribution in [1.82, 2.24) is 0 Å². The van der Waals surface area contributed by atoms with Crippen LogP contribution in [0.2, 0.25) is 0 Å². The predicted octanol–water partition coefficient (Wildman–Crippen LogP) is 4.16. The van der Waals surface area contributed by atoms with E-state index >= 15 is 0 Å². The molecule has 4 heteroatoms. The molecule has 3 N–H and O–H groups in total. The third-order valence-electron chi connectivity index (χ3n) is 2.76. The number of hydrogen-bond donors (Lipinski definition) is 2. The first kappa shape index (κ1) is 16.5. The van der Waals surface area contributed by atoms with Gasteiger partial charge in [0.1, 0.15) is 5.75 Å².